The Labute approximate surface area is 71.9 Å². The topological polar surface area (TPSA) is 3.24 Å². The fraction of sp³-hybridized carbons (Fsp3) is 0.667. The van der Waals surface area contributed by atoms with Gasteiger partial charge in [-0.1, -0.05) is 12.2 Å². The number of halogens is 1. The quantitative estimate of drug-likeness (QED) is 0.392. The van der Waals surface area contributed by atoms with Crippen LogP contribution in [-0.4, -0.2) is 23.3 Å². The van der Waals surface area contributed by atoms with Crippen molar-refractivity contribution in [3.05, 3.63) is 0 Å². The minimum Gasteiger partial charge on any atom is -0.364 e. The number of rotatable bonds is 0. The number of thiocarbonyl (C=S) groups is 1. The summed E-state index contributed by atoms with van der Waals surface area (Å²) in [5, 5.41) is 0. The van der Waals surface area contributed by atoms with Crippen LogP contribution in [0.15, 0.2) is 0 Å². The highest BCUT2D eigenvalue weighted by Gasteiger charge is 1.83. The minimum atomic E-state index is 0. The third kappa shape index (κ3) is 6.97. The van der Waals surface area contributed by atoms with Gasteiger partial charge in [-0.15, -0.1) is 36.6 Å². The van der Waals surface area contributed by atoms with Gasteiger partial charge in [0.1, 0.15) is 4.32 Å². The molecule has 44 valence electrons. The first kappa shape index (κ1) is 10.9. The van der Waals surface area contributed by atoms with Crippen LogP contribution in [0.5, 0.6) is 0 Å². The van der Waals surface area contributed by atoms with Gasteiger partial charge in [0, 0.05) is 14.1 Å². The Kier molecular flexibility index (Phi) is 7.94. The molecule has 0 radical (unpaired) electrons. The molecule has 4 heteroatoms. The zero-order chi connectivity index (χ0) is 5.15. The molecule has 0 amide bonds. The van der Waals surface area contributed by atoms with Gasteiger partial charge < -0.3 is 4.90 Å². The van der Waals surface area contributed by atoms with Crippen molar-refractivity contribution in [2.75, 3.05) is 14.1 Å². The lowest BCUT2D eigenvalue weighted by atomic mass is 11.0. The summed E-state index contributed by atoms with van der Waals surface area (Å²) in [5.74, 6) is 0. The van der Waals surface area contributed by atoms with Crippen molar-refractivity contribution >= 4 is 53.1 Å². The van der Waals surface area contributed by atoms with Crippen LogP contribution < -0.4 is 0 Å². The highest BCUT2D eigenvalue weighted by atomic mass is 127. The molecule has 0 heterocycles. The number of thiol groups is 1. The zero-order valence-electron chi connectivity index (χ0n) is 4.21. The molecule has 0 rings (SSSR count). The van der Waals surface area contributed by atoms with Crippen molar-refractivity contribution in [1.29, 1.82) is 0 Å². The number of nitrogens with zero attached hydrogens (tertiary/aromatic N) is 1. The summed E-state index contributed by atoms with van der Waals surface area (Å²) in [6.45, 7) is 0. The second kappa shape index (κ2) is 5.11. The van der Waals surface area contributed by atoms with E-state index in [4.69, 9.17) is 0 Å². The molecule has 0 aliphatic carbocycles. The van der Waals surface area contributed by atoms with E-state index in [9.17, 15) is 0 Å². The van der Waals surface area contributed by atoms with Gasteiger partial charge in [0.05, 0.1) is 0 Å². The maximum absolute atomic E-state index is 4.61. The molecular weight excluding hydrogens is 241 g/mol. The third-order valence-corrected chi connectivity index (χ3v) is 1.15. The first-order valence-corrected chi connectivity index (χ1v) is 2.40. The largest absolute Gasteiger partial charge is 0.364 e. The van der Waals surface area contributed by atoms with Gasteiger partial charge in [0.15, 0.2) is 0 Å². The summed E-state index contributed by atoms with van der Waals surface area (Å²) in [4.78, 5) is 1.76. The Morgan fingerprint density at radius 3 is 1.71 bits per heavy atom. The first-order chi connectivity index (χ1) is 2.64. The molecule has 0 spiro atoms. The van der Waals surface area contributed by atoms with Crippen LogP contribution in [0, 0.1) is 0 Å². The van der Waals surface area contributed by atoms with Crippen LogP contribution in [0.2, 0.25) is 0 Å². The van der Waals surface area contributed by atoms with Crippen molar-refractivity contribution in [2.24, 2.45) is 0 Å². The van der Waals surface area contributed by atoms with Gasteiger partial charge in [-0.05, 0) is 0 Å². The predicted octanol–water partition coefficient (Wildman–Crippen LogP) is 1.38. The second-order valence-electron chi connectivity index (χ2n) is 1.18. The average Bonchev–Trinajstić information content (AvgIpc) is 1.36. The molecule has 0 aliphatic rings. The summed E-state index contributed by atoms with van der Waals surface area (Å²) >= 11 is 8.46. The van der Waals surface area contributed by atoms with Gasteiger partial charge in [0.25, 0.3) is 0 Å². The van der Waals surface area contributed by atoms with E-state index in [1.165, 1.54) is 0 Å². The Hall–Kier alpha value is 0.970. The smallest absolute Gasteiger partial charge is 0.132 e. The van der Waals surface area contributed by atoms with Crippen molar-refractivity contribution < 1.29 is 0 Å². The van der Waals surface area contributed by atoms with E-state index in [1.807, 2.05) is 14.1 Å². The van der Waals surface area contributed by atoms with E-state index in [0.29, 0.717) is 4.32 Å². The summed E-state index contributed by atoms with van der Waals surface area (Å²) in [6, 6.07) is 0. The Morgan fingerprint density at radius 1 is 1.57 bits per heavy atom. The highest BCUT2D eigenvalue weighted by molar-refractivity contribution is 14.0. The van der Waals surface area contributed by atoms with Crippen molar-refractivity contribution in [3.63, 3.8) is 0 Å². The molecule has 0 aromatic carbocycles. The first-order valence-electron chi connectivity index (χ1n) is 1.55. The Morgan fingerprint density at radius 2 is 1.71 bits per heavy atom. The summed E-state index contributed by atoms with van der Waals surface area (Å²) in [5.41, 5.74) is 0. The monoisotopic (exact) mass is 249 g/mol. The summed E-state index contributed by atoms with van der Waals surface area (Å²) in [6.07, 6.45) is 0. The molecular formula is C3H8INS2. The van der Waals surface area contributed by atoms with Crippen LogP contribution in [0.4, 0.5) is 0 Å². The Bertz CT molecular complexity index is 64.0. The fourth-order valence-electron chi connectivity index (χ4n) is 0. The van der Waals surface area contributed by atoms with E-state index in [-0.39, 0.29) is 24.0 Å². The zero-order valence-corrected chi connectivity index (χ0v) is 8.25. The molecule has 0 saturated heterocycles. The maximum Gasteiger partial charge on any atom is 0.132 e. The van der Waals surface area contributed by atoms with Gasteiger partial charge in [-0.3, -0.25) is 0 Å². The SMILES string of the molecule is CN(C)C(=S)S.I. The highest BCUT2D eigenvalue weighted by Crippen LogP contribution is 1.84. The minimum absolute atomic E-state index is 0. The van der Waals surface area contributed by atoms with E-state index in [2.05, 4.69) is 24.8 Å². The van der Waals surface area contributed by atoms with E-state index < -0.39 is 0 Å². The van der Waals surface area contributed by atoms with Crippen LogP contribution in [0.3, 0.4) is 0 Å². The second-order valence-corrected chi connectivity index (χ2v) is 2.29. The van der Waals surface area contributed by atoms with E-state index in [0.717, 1.165) is 0 Å². The molecule has 0 aliphatic heterocycles. The molecule has 0 fully saturated rings. The van der Waals surface area contributed by atoms with Crippen molar-refractivity contribution in [1.82, 2.24) is 4.90 Å². The number of hydrogen-bond acceptors (Lipinski definition) is 1. The molecule has 0 N–H and O–H groups in total. The summed E-state index contributed by atoms with van der Waals surface area (Å²) in [7, 11) is 3.71. The van der Waals surface area contributed by atoms with E-state index in [1.54, 1.807) is 4.90 Å². The Balaban J connectivity index is 0. The van der Waals surface area contributed by atoms with Gasteiger partial charge in [0.2, 0.25) is 0 Å². The molecule has 0 bridgehead atoms. The lowest BCUT2D eigenvalue weighted by molar-refractivity contribution is 0.648. The predicted molar refractivity (Wildman–Crippen MR) is 50.7 cm³/mol. The van der Waals surface area contributed by atoms with Crippen molar-refractivity contribution in [3.8, 4) is 0 Å². The average molecular weight is 249 g/mol. The standard InChI is InChI=1S/C3H7NS2.HI/c1-4(2)3(5)6;/h1-2H3,(H,5,6);1H. The van der Waals surface area contributed by atoms with Crippen molar-refractivity contribution in [2.45, 2.75) is 0 Å². The van der Waals surface area contributed by atoms with Gasteiger partial charge in [-0.2, -0.15) is 0 Å². The fourth-order valence-corrected chi connectivity index (χ4v) is 0. The normalized spacial score (nSPS) is 6.71. The molecule has 7 heavy (non-hydrogen) atoms. The molecule has 0 atom stereocenters. The molecule has 0 aromatic rings. The summed E-state index contributed by atoms with van der Waals surface area (Å²) < 4.78 is 0.620. The van der Waals surface area contributed by atoms with E-state index >= 15 is 0 Å². The molecule has 0 unspecified atom stereocenters. The van der Waals surface area contributed by atoms with Crippen LogP contribution >= 0.6 is 48.8 Å². The van der Waals surface area contributed by atoms with Crippen LogP contribution in [0.25, 0.3) is 0 Å². The lowest BCUT2D eigenvalue weighted by Gasteiger charge is -2.05. The maximum atomic E-state index is 4.61. The van der Waals surface area contributed by atoms with Gasteiger partial charge in [-0.25, -0.2) is 0 Å². The number of hydrogen-bond donors (Lipinski definition) is 1. The lowest BCUT2D eigenvalue weighted by Crippen LogP contribution is -2.12. The molecule has 0 saturated carbocycles. The van der Waals surface area contributed by atoms with Gasteiger partial charge >= 0.3 is 0 Å². The van der Waals surface area contributed by atoms with Crippen LogP contribution in [0.1, 0.15) is 0 Å². The third-order valence-electron chi connectivity index (χ3n) is 0.383. The van der Waals surface area contributed by atoms with Crippen LogP contribution in [-0.2, 0) is 0 Å². The molecule has 0 aromatic heterocycles. The molecule has 1 nitrogen and oxygen atoms in total.